The Hall–Kier alpha value is -1.50. The number of carboxylic acids is 2. The molecule has 0 heterocycles. The summed E-state index contributed by atoms with van der Waals surface area (Å²) in [6.07, 6.45) is 19.2. The van der Waals surface area contributed by atoms with E-state index >= 15 is 0 Å². The van der Waals surface area contributed by atoms with Crippen LogP contribution in [0, 0.1) is 0 Å². The van der Waals surface area contributed by atoms with Crippen LogP contribution in [0.2, 0.25) is 0 Å². The van der Waals surface area contributed by atoms with Crippen molar-refractivity contribution in [3.05, 3.63) is 0 Å². The van der Waals surface area contributed by atoms with E-state index < -0.39 is 24.0 Å². The molecule has 0 bridgehead atoms. The predicted molar refractivity (Wildman–Crippen MR) is 193 cm³/mol. The van der Waals surface area contributed by atoms with Gasteiger partial charge in [0.05, 0.1) is 0 Å². The molecule has 0 rings (SSSR count). The van der Waals surface area contributed by atoms with Crippen molar-refractivity contribution in [2.24, 2.45) is 0 Å². The molecule has 4 N–H and O–H groups in total. The van der Waals surface area contributed by atoms with Gasteiger partial charge in [0, 0.05) is 24.3 Å². The van der Waals surface area contributed by atoms with Crippen LogP contribution in [-0.2, 0) is 19.2 Å². The van der Waals surface area contributed by atoms with Crippen molar-refractivity contribution in [2.45, 2.75) is 141 Å². The van der Waals surface area contributed by atoms with Crippen LogP contribution >= 0.6 is 21.6 Å². The van der Waals surface area contributed by atoms with E-state index in [0.29, 0.717) is 37.2 Å². The minimum atomic E-state index is -1.04. The lowest BCUT2D eigenvalue weighted by molar-refractivity contribution is -0.142. The van der Waals surface area contributed by atoms with Gasteiger partial charge in [-0.3, -0.25) is 9.59 Å². The Morgan fingerprint density at radius 1 is 0.500 bits per heavy atom. The SMILES string of the molecule is CN(C)CCCCCCCCCCC(=O)NC(CCSSCCC(NC(=O)CCCCCCCCCCN(C)C)C(=O)O)C(=O)O. The second kappa shape index (κ2) is 30.8. The molecule has 0 saturated heterocycles. The van der Waals surface area contributed by atoms with Crippen molar-refractivity contribution in [1.82, 2.24) is 20.4 Å². The van der Waals surface area contributed by atoms with Gasteiger partial charge in [-0.05, 0) is 79.8 Å². The highest BCUT2D eigenvalue weighted by atomic mass is 33.1. The molecule has 46 heavy (non-hydrogen) atoms. The van der Waals surface area contributed by atoms with Crippen molar-refractivity contribution >= 4 is 45.3 Å². The fourth-order valence-corrected chi connectivity index (χ4v) is 7.23. The molecule has 0 aliphatic heterocycles. The average molecular weight is 691 g/mol. The minimum absolute atomic E-state index is 0.222. The molecule has 0 fully saturated rings. The zero-order valence-corrected chi connectivity index (χ0v) is 31.0. The molecule has 0 spiro atoms. The van der Waals surface area contributed by atoms with Crippen molar-refractivity contribution in [3.63, 3.8) is 0 Å². The maximum atomic E-state index is 12.3. The molecule has 12 heteroatoms. The molecular formula is C34H66N4O6S2. The first-order chi connectivity index (χ1) is 22.0. The highest BCUT2D eigenvalue weighted by Gasteiger charge is 2.21. The second-order valence-electron chi connectivity index (χ2n) is 12.9. The molecule has 10 nitrogen and oxygen atoms in total. The number of amides is 2. The molecule has 0 aromatic carbocycles. The van der Waals surface area contributed by atoms with E-state index in [2.05, 4.69) is 48.6 Å². The van der Waals surface area contributed by atoms with Crippen LogP contribution < -0.4 is 10.6 Å². The summed E-state index contributed by atoms with van der Waals surface area (Å²) in [7, 11) is 11.3. The Balaban J connectivity index is 3.94. The summed E-state index contributed by atoms with van der Waals surface area (Å²) in [5.74, 6) is -1.51. The summed E-state index contributed by atoms with van der Waals surface area (Å²) < 4.78 is 0. The molecule has 2 amide bonds. The normalized spacial score (nSPS) is 12.7. The van der Waals surface area contributed by atoms with Gasteiger partial charge in [-0.25, -0.2) is 9.59 Å². The number of nitrogens with one attached hydrogen (secondary N) is 2. The first-order valence-electron chi connectivity index (χ1n) is 17.6. The van der Waals surface area contributed by atoms with E-state index in [9.17, 15) is 29.4 Å². The molecule has 0 aliphatic rings. The van der Waals surface area contributed by atoms with Gasteiger partial charge in [0.25, 0.3) is 0 Å². The van der Waals surface area contributed by atoms with Crippen LogP contribution in [0.15, 0.2) is 0 Å². The van der Waals surface area contributed by atoms with E-state index in [-0.39, 0.29) is 11.8 Å². The largest absolute Gasteiger partial charge is 0.480 e. The topological polar surface area (TPSA) is 139 Å². The lowest BCUT2D eigenvalue weighted by Gasteiger charge is -2.15. The molecule has 0 saturated carbocycles. The summed E-state index contributed by atoms with van der Waals surface area (Å²) in [4.78, 5) is 52.2. The van der Waals surface area contributed by atoms with Gasteiger partial charge in [0.15, 0.2) is 0 Å². The van der Waals surface area contributed by atoms with Crippen LogP contribution in [-0.4, -0.2) is 109 Å². The van der Waals surface area contributed by atoms with Crippen molar-refractivity contribution in [3.8, 4) is 0 Å². The number of hydrogen-bond donors (Lipinski definition) is 4. The number of aliphatic carboxylic acids is 2. The lowest BCUT2D eigenvalue weighted by atomic mass is 10.1. The summed E-state index contributed by atoms with van der Waals surface area (Å²) in [5, 5.41) is 24.3. The van der Waals surface area contributed by atoms with Gasteiger partial charge in [-0.15, -0.1) is 0 Å². The van der Waals surface area contributed by atoms with Crippen molar-refractivity contribution < 1.29 is 29.4 Å². The maximum Gasteiger partial charge on any atom is 0.326 e. The number of rotatable bonds is 33. The highest BCUT2D eigenvalue weighted by Crippen LogP contribution is 2.24. The second-order valence-corrected chi connectivity index (χ2v) is 15.6. The molecule has 2 atom stereocenters. The van der Waals surface area contributed by atoms with E-state index in [4.69, 9.17) is 0 Å². The Morgan fingerprint density at radius 2 is 0.783 bits per heavy atom. The number of nitrogens with zero attached hydrogens (tertiary/aromatic N) is 2. The average Bonchev–Trinajstić information content (AvgIpc) is 2.98. The number of carbonyl (C=O) groups excluding carboxylic acids is 2. The zero-order valence-electron chi connectivity index (χ0n) is 29.4. The zero-order chi connectivity index (χ0) is 34.4. The van der Waals surface area contributed by atoms with E-state index in [1.54, 1.807) is 0 Å². The number of carboxylic acid groups (broad SMARTS) is 2. The molecule has 2 unspecified atom stereocenters. The third kappa shape index (κ3) is 29.9. The van der Waals surface area contributed by atoms with Crippen LogP contribution in [0.5, 0.6) is 0 Å². The quantitative estimate of drug-likeness (QED) is 0.0450. The first kappa shape index (κ1) is 44.5. The van der Waals surface area contributed by atoms with Gasteiger partial charge in [-0.2, -0.15) is 0 Å². The molecule has 0 aromatic rings. The van der Waals surface area contributed by atoms with Gasteiger partial charge >= 0.3 is 11.9 Å². The molecule has 270 valence electrons. The highest BCUT2D eigenvalue weighted by molar-refractivity contribution is 8.76. The Morgan fingerprint density at radius 3 is 1.07 bits per heavy atom. The predicted octanol–water partition coefficient (Wildman–Crippen LogP) is 6.43. The van der Waals surface area contributed by atoms with Crippen LogP contribution in [0.1, 0.15) is 128 Å². The van der Waals surface area contributed by atoms with Crippen molar-refractivity contribution in [2.75, 3.05) is 52.8 Å². The smallest absolute Gasteiger partial charge is 0.326 e. The summed E-state index contributed by atoms with van der Waals surface area (Å²) in [5.41, 5.74) is 0. The number of carbonyl (C=O) groups is 4. The third-order valence-corrected chi connectivity index (χ3v) is 10.3. The van der Waals surface area contributed by atoms with Gasteiger partial charge in [0.1, 0.15) is 12.1 Å². The van der Waals surface area contributed by atoms with Crippen LogP contribution in [0.25, 0.3) is 0 Å². The molecular weight excluding hydrogens is 625 g/mol. The van der Waals surface area contributed by atoms with E-state index in [0.717, 1.165) is 51.6 Å². The number of hydrogen-bond acceptors (Lipinski definition) is 8. The Kier molecular flexibility index (Phi) is 29.8. The van der Waals surface area contributed by atoms with Crippen molar-refractivity contribution in [1.29, 1.82) is 0 Å². The lowest BCUT2D eigenvalue weighted by Crippen LogP contribution is -2.41. The summed E-state index contributed by atoms with van der Waals surface area (Å²) >= 11 is 0. The minimum Gasteiger partial charge on any atom is -0.480 e. The van der Waals surface area contributed by atoms with Gasteiger partial charge < -0.3 is 30.6 Å². The molecule has 0 aromatic heterocycles. The van der Waals surface area contributed by atoms with Crippen LogP contribution in [0.4, 0.5) is 0 Å². The molecule has 0 radical (unpaired) electrons. The summed E-state index contributed by atoms with van der Waals surface area (Å²) in [6, 6.07) is -1.86. The molecule has 0 aliphatic carbocycles. The van der Waals surface area contributed by atoms with E-state index in [1.807, 2.05) is 0 Å². The fraction of sp³-hybridized carbons (Fsp3) is 0.882. The maximum absolute atomic E-state index is 12.3. The first-order valence-corrected chi connectivity index (χ1v) is 20.1. The number of unbranched alkanes of at least 4 members (excludes halogenated alkanes) is 14. The Labute approximate surface area is 287 Å². The van der Waals surface area contributed by atoms with Crippen LogP contribution in [0.3, 0.4) is 0 Å². The van der Waals surface area contributed by atoms with Gasteiger partial charge in [-0.1, -0.05) is 98.6 Å². The standard InChI is InChI=1S/C34H66N4O6S2/c1-37(2)25-19-15-11-7-5-9-13-17-21-31(39)35-29(33(41)42)23-27-45-46-28-24-30(34(43)44)36-32(40)22-18-14-10-6-8-12-16-20-26-38(3)4/h29-30H,5-28H2,1-4H3,(H,35,39)(H,36,40)(H,41,42)(H,43,44). The summed E-state index contributed by atoms with van der Waals surface area (Å²) in [6.45, 7) is 2.27. The monoisotopic (exact) mass is 690 g/mol. The van der Waals surface area contributed by atoms with E-state index in [1.165, 1.54) is 85.8 Å². The third-order valence-electron chi connectivity index (χ3n) is 7.85. The fourth-order valence-electron chi connectivity index (χ4n) is 5.05. The Bertz CT molecular complexity index is 740. The van der Waals surface area contributed by atoms with Gasteiger partial charge in [0.2, 0.25) is 11.8 Å².